The molecule has 0 radical (unpaired) electrons. The van der Waals surface area contributed by atoms with E-state index in [2.05, 4.69) is 24.1 Å². The van der Waals surface area contributed by atoms with Gasteiger partial charge in [-0.2, -0.15) is 0 Å². The second-order valence-electron chi connectivity index (χ2n) is 6.65. The Kier molecular flexibility index (Phi) is 8.27. The standard InChI is InChI=1S/C17H35N3O/c1-4-13-19-17(3,16(18)21)12-8-9-14-20(5-2)15-10-6-7-11-15/h15,19H,4-14H2,1-3H3,(H2,18,21). The van der Waals surface area contributed by atoms with Crippen molar-refractivity contribution < 1.29 is 4.79 Å². The number of carbonyl (C=O) groups excluding carboxylic acids is 1. The van der Waals surface area contributed by atoms with E-state index in [0.717, 1.165) is 51.4 Å². The van der Waals surface area contributed by atoms with Crippen molar-refractivity contribution in [2.45, 2.75) is 83.7 Å². The van der Waals surface area contributed by atoms with Crippen LogP contribution >= 0.6 is 0 Å². The monoisotopic (exact) mass is 297 g/mol. The number of nitrogens with two attached hydrogens (primary N) is 1. The molecule has 0 aromatic heterocycles. The Balaban J connectivity index is 2.31. The Morgan fingerprint density at radius 1 is 1.29 bits per heavy atom. The van der Waals surface area contributed by atoms with Crippen molar-refractivity contribution in [3.05, 3.63) is 0 Å². The lowest BCUT2D eigenvalue weighted by Crippen LogP contribution is -2.53. The van der Waals surface area contributed by atoms with E-state index in [0.29, 0.717) is 0 Å². The Hall–Kier alpha value is -0.610. The molecule has 1 atom stereocenters. The van der Waals surface area contributed by atoms with Gasteiger partial charge in [0.2, 0.25) is 5.91 Å². The van der Waals surface area contributed by atoms with E-state index in [1.165, 1.54) is 25.7 Å². The first kappa shape index (κ1) is 18.4. The van der Waals surface area contributed by atoms with E-state index in [4.69, 9.17) is 5.73 Å². The van der Waals surface area contributed by atoms with Gasteiger partial charge >= 0.3 is 0 Å². The largest absolute Gasteiger partial charge is 0.368 e. The Morgan fingerprint density at radius 3 is 2.48 bits per heavy atom. The molecule has 1 fully saturated rings. The maximum atomic E-state index is 11.7. The second-order valence-corrected chi connectivity index (χ2v) is 6.65. The van der Waals surface area contributed by atoms with Crippen molar-refractivity contribution in [3.63, 3.8) is 0 Å². The van der Waals surface area contributed by atoms with Crippen molar-refractivity contribution in [1.82, 2.24) is 10.2 Å². The van der Waals surface area contributed by atoms with Crippen molar-refractivity contribution in [2.75, 3.05) is 19.6 Å². The first-order valence-corrected chi connectivity index (χ1v) is 8.82. The zero-order valence-electron chi connectivity index (χ0n) is 14.3. The molecule has 1 unspecified atom stereocenters. The van der Waals surface area contributed by atoms with Crippen molar-refractivity contribution in [1.29, 1.82) is 0 Å². The third-order valence-electron chi connectivity index (χ3n) is 4.93. The van der Waals surface area contributed by atoms with Gasteiger partial charge in [0.05, 0.1) is 5.54 Å². The summed E-state index contributed by atoms with van der Waals surface area (Å²) in [5.41, 5.74) is 5.03. The molecule has 124 valence electrons. The molecular weight excluding hydrogens is 262 g/mol. The molecule has 21 heavy (non-hydrogen) atoms. The lowest BCUT2D eigenvalue weighted by Gasteiger charge is -2.29. The van der Waals surface area contributed by atoms with Gasteiger partial charge in [-0.1, -0.05) is 26.7 Å². The highest BCUT2D eigenvalue weighted by molar-refractivity contribution is 5.84. The molecule has 0 bridgehead atoms. The summed E-state index contributed by atoms with van der Waals surface area (Å²) in [7, 11) is 0. The Morgan fingerprint density at radius 2 is 1.95 bits per heavy atom. The van der Waals surface area contributed by atoms with E-state index in [1.54, 1.807) is 0 Å². The van der Waals surface area contributed by atoms with Crippen LogP contribution < -0.4 is 11.1 Å². The quantitative estimate of drug-likeness (QED) is 0.576. The molecular formula is C17H35N3O. The van der Waals surface area contributed by atoms with Gasteiger partial charge in [-0.3, -0.25) is 4.79 Å². The first-order valence-electron chi connectivity index (χ1n) is 8.82. The molecule has 1 saturated carbocycles. The fraction of sp³-hybridized carbons (Fsp3) is 0.941. The van der Waals surface area contributed by atoms with E-state index >= 15 is 0 Å². The number of primary amides is 1. The van der Waals surface area contributed by atoms with Crippen LogP contribution in [0.15, 0.2) is 0 Å². The highest BCUT2D eigenvalue weighted by atomic mass is 16.1. The van der Waals surface area contributed by atoms with Crippen LogP contribution in [0.25, 0.3) is 0 Å². The van der Waals surface area contributed by atoms with Gasteiger partial charge in [0.25, 0.3) is 0 Å². The molecule has 1 amide bonds. The van der Waals surface area contributed by atoms with Crippen LogP contribution in [0.4, 0.5) is 0 Å². The van der Waals surface area contributed by atoms with E-state index in [-0.39, 0.29) is 5.91 Å². The number of nitrogens with one attached hydrogen (secondary N) is 1. The molecule has 0 heterocycles. The number of unbranched alkanes of at least 4 members (excludes halogenated alkanes) is 1. The zero-order valence-corrected chi connectivity index (χ0v) is 14.3. The molecule has 0 aliphatic heterocycles. The van der Waals surface area contributed by atoms with Gasteiger partial charge in [-0.05, 0) is 65.1 Å². The van der Waals surface area contributed by atoms with Crippen LogP contribution in [0.5, 0.6) is 0 Å². The predicted octanol–water partition coefficient (Wildman–Crippen LogP) is 2.66. The van der Waals surface area contributed by atoms with E-state index < -0.39 is 5.54 Å². The molecule has 1 aliphatic carbocycles. The molecule has 0 spiro atoms. The molecule has 0 saturated heterocycles. The number of carbonyl (C=O) groups is 1. The fourth-order valence-corrected chi connectivity index (χ4v) is 3.36. The minimum absolute atomic E-state index is 0.223. The lowest BCUT2D eigenvalue weighted by molar-refractivity contribution is -0.124. The summed E-state index contributed by atoms with van der Waals surface area (Å²) < 4.78 is 0. The highest BCUT2D eigenvalue weighted by Crippen LogP contribution is 2.24. The molecule has 3 N–H and O–H groups in total. The summed E-state index contributed by atoms with van der Waals surface area (Å²) in [4.78, 5) is 14.3. The second kappa shape index (κ2) is 9.42. The first-order chi connectivity index (χ1) is 10.0. The molecule has 0 aromatic rings. The molecule has 1 rings (SSSR count). The fourth-order valence-electron chi connectivity index (χ4n) is 3.36. The number of rotatable bonds is 11. The minimum atomic E-state index is -0.541. The van der Waals surface area contributed by atoms with Gasteiger partial charge in [0, 0.05) is 6.04 Å². The molecule has 4 heteroatoms. The van der Waals surface area contributed by atoms with Crippen molar-refractivity contribution >= 4 is 5.91 Å². The van der Waals surface area contributed by atoms with Gasteiger partial charge < -0.3 is 16.0 Å². The maximum absolute atomic E-state index is 11.7. The van der Waals surface area contributed by atoms with Crippen LogP contribution in [-0.2, 0) is 4.79 Å². The summed E-state index contributed by atoms with van der Waals surface area (Å²) in [5.74, 6) is -0.223. The van der Waals surface area contributed by atoms with Gasteiger partial charge in [0.15, 0.2) is 0 Å². The molecule has 1 aliphatic rings. The SMILES string of the molecule is CCCNC(C)(CCCCN(CC)C1CCCC1)C(N)=O. The van der Waals surface area contributed by atoms with Gasteiger partial charge in [-0.15, -0.1) is 0 Å². The summed E-state index contributed by atoms with van der Waals surface area (Å²) >= 11 is 0. The van der Waals surface area contributed by atoms with E-state index in [1.807, 2.05) is 6.92 Å². The predicted molar refractivity (Wildman–Crippen MR) is 89.2 cm³/mol. The maximum Gasteiger partial charge on any atom is 0.237 e. The van der Waals surface area contributed by atoms with E-state index in [9.17, 15) is 4.79 Å². The number of hydrogen-bond acceptors (Lipinski definition) is 3. The van der Waals surface area contributed by atoms with Crippen LogP contribution in [-0.4, -0.2) is 42.0 Å². The average molecular weight is 297 g/mol. The summed E-state index contributed by atoms with van der Waals surface area (Å²) in [5, 5.41) is 3.31. The average Bonchev–Trinajstić information content (AvgIpc) is 2.99. The number of amides is 1. The van der Waals surface area contributed by atoms with Crippen LogP contribution in [0.2, 0.25) is 0 Å². The summed E-state index contributed by atoms with van der Waals surface area (Å²) in [6.07, 6.45) is 9.58. The summed E-state index contributed by atoms with van der Waals surface area (Å²) in [6, 6.07) is 0.802. The highest BCUT2D eigenvalue weighted by Gasteiger charge is 2.29. The van der Waals surface area contributed by atoms with Crippen molar-refractivity contribution in [2.24, 2.45) is 5.73 Å². The molecule has 0 aromatic carbocycles. The normalized spacial score (nSPS) is 19.0. The third kappa shape index (κ3) is 5.95. The Labute approximate surface area is 130 Å². The number of nitrogens with zero attached hydrogens (tertiary/aromatic N) is 1. The van der Waals surface area contributed by atoms with Gasteiger partial charge in [0.1, 0.15) is 0 Å². The van der Waals surface area contributed by atoms with Crippen LogP contribution in [0.1, 0.15) is 72.1 Å². The Bertz CT molecular complexity index is 302. The number of hydrogen-bond donors (Lipinski definition) is 2. The minimum Gasteiger partial charge on any atom is -0.368 e. The molecule has 4 nitrogen and oxygen atoms in total. The van der Waals surface area contributed by atoms with Gasteiger partial charge in [-0.25, -0.2) is 0 Å². The topological polar surface area (TPSA) is 58.4 Å². The van der Waals surface area contributed by atoms with Crippen LogP contribution in [0.3, 0.4) is 0 Å². The van der Waals surface area contributed by atoms with Crippen LogP contribution in [0, 0.1) is 0 Å². The zero-order chi connectivity index (χ0) is 15.7. The smallest absolute Gasteiger partial charge is 0.237 e. The van der Waals surface area contributed by atoms with Crippen molar-refractivity contribution in [3.8, 4) is 0 Å². The lowest BCUT2D eigenvalue weighted by atomic mass is 9.93. The third-order valence-corrected chi connectivity index (χ3v) is 4.93. The summed E-state index contributed by atoms with van der Waals surface area (Å²) in [6.45, 7) is 9.46.